The molecule has 3 amide bonds. The minimum atomic E-state index is -0.661. The van der Waals surface area contributed by atoms with E-state index in [0.717, 1.165) is 4.90 Å². The summed E-state index contributed by atoms with van der Waals surface area (Å²) >= 11 is 1.54. The number of amides is 3. The second-order valence-electron chi connectivity index (χ2n) is 4.82. The van der Waals surface area contributed by atoms with Crippen molar-refractivity contribution in [3.05, 3.63) is 48.4 Å². The molecule has 1 aromatic carbocycles. The van der Waals surface area contributed by atoms with Crippen LogP contribution >= 0.6 is 11.8 Å². The summed E-state index contributed by atoms with van der Waals surface area (Å²) in [6.07, 6.45) is 3.48. The number of rotatable bonds is 6. The topological polar surface area (TPSA) is 83.4 Å². The molecule has 0 aliphatic heterocycles. The molecule has 23 heavy (non-hydrogen) atoms. The highest BCUT2D eigenvalue weighted by molar-refractivity contribution is 7.98. The summed E-state index contributed by atoms with van der Waals surface area (Å²) in [5, 5.41) is 8.05. The number of anilines is 1. The van der Waals surface area contributed by atoms with Crippen molar-refractivity contribution in [2.45, 2.75) is 24.4 Å². The van der Waals surface area contributed by atoms with Gasteiger partial charge in [-0.1, -0.05) is 12.1 Å². The number of carbonyl (C=O) groups excluding carboxylic acids is 2. The van der Waals surface area contributed by atoms with Crippen molar-refractivity contribution in [2.75, 3.05) is 11.6 Å². The van der Waals surface area contributed by atoms with Crippen LogP contribution in [0.1, 0.15) is 12.7 Å². The Hall–Kier alpha value is -2.41. The van der Waals surface area contributed by atoms with E-state index in [4.69, 9.17) is 4.42 Å². The van der Waals surface area contributed by atoms with Crippen LogP contribution in [-0.2, 0) is 11.3 Å². The van der Waals surface area contributed by atoms with Gasteiger partial charge in [0.1, 0.15) is 11.8 Å². The van der Waals surface area contributed by atoms with Crippen molar-refractivity contribution in [2.24, 2.45) is 0 Å². The maximum absolute atomic E-state index is 12.0. The van der Waals surface area contributed by atoms with Gasteiger partial charge in [-0.05, 0) is 37.4 Å². The Kier molecular flexibility index (Phi) is 6.10. The molecule has 0 saturated carbocycles. The SMILES string of the molecule is CSc1ccccc1NC(=O)N[C@H](C)C(=O)NCc1ccco1. The summed E-state index contributed by atoms with van der Waals surface area (Å²) in [7, 11) is 0. The Bertz CT molecular complexity index is 658. The third-order valence-corrected chi connectivity index (χ3v) is 3.91. The Morgan fingerprint density at radius 2 is 2.00 bits per heavy atom. The molecule has 0 unspecified atom stereocenters. The van der Waals surface area contributed by atoms with Gasteiger partial charge in [-0.25, -0.2) is 4.79 Å². The van der Waals surface area contributed by atoms with Crippen LogP contribution in [0.25, 0.3) is 0 Å². The highest BCUT2D eigenvalue weighted by Gasteiger charge is 2.16. The van der Waals surface area contributed by atoms with E-state index in [-0.39, 0.29) is 12.5 Å². The summed E-state index contributed by atoms with van der Waals surface area (Å²) in [6, 6.07) is 9.91. The lowest BCUT2D eigenvalue weighted by molar-refractivity contribution is -0.122. The minimum absolute atomic E-state index is 0.283. The first-order valence-electron chi connectivity index (χ1n) is 7.10. The largest absolute Gasteiger partial charge is 0.467 e. The fourth-order valence-corrected chi connectivity index (χ4v) is 2.46. The van der Waals surface area contributed by atoms with E-state index in [1.165, 1.54) is 11.8 Å². The molecule has 122 valence electrons. The Morgan fingerprint density at radius 1 is 1.22 bits per heavy atom. The maximum atomic E-state index is 12.0. The quantitative estimate of drug-likeness (QED) is 0.710. The number of urea groups is 1. The van der Waals surface area contributed by atoms with Crippen molar-refractivity contribution in [3.8, 4) is 0 Å². The Balaban J connectivity index is 1.82. The summed E-state index contributed by atoms with van der Waals surface area (Å²) in [4.78, 5) is 24.9. The lowest BCUT2D eigenvalue weighted by Gasteiger charge is -2.15. The highest BCUT2D eigenvalue weighted by Crippen LogP contribution is 2.24. The molecular formula is C16H19N3O3S. The van der Waals surface area contributed by atoms with E-state index in [2.05, 4.69) is 16.0 Å². The number of para-hydroxylation sites is 1. The molecule has 0 saturated heterocycles. The fraction of sp³-hybridized carbons (Fsp3) is 0.250. The summed E-state index contributed by atoms with van der Waals surface area (Å²) in [5.41, 5.74) is 0.709. The zero-order valence-corrected chi connectivity index (χ0v) is 13.8. The zero-order chi connectivity index (χ0) is 16.7. The van der Waals surface area contributed by atoms with E-state index in [9.17, 15) is 9.59 Å². The number of thioether (sulfide) groups is 1. The van der Waals surface area contributed by atoms with Crippen molar-refractivity contribution in [1.29, 1.82) is 0 Å². The normalized spacial score (nSPS) is 11.6. The first-order valence-corrected chi connectivity index (χ1v) is 8.33. The van der Waals surface area contributed by atoms with Crippen molar-refractivity contribution in [1.82, 2.24) is 10.6 Å². The average Bonchev–Trinajstić information content (AvgIpc) is 3.06. The van der Waals surface area contributed by atoms with Gasteiger partial charge in [0.25, 0.3) is 0 Å². The number of furan rings is 1. The van der Waals surface area contributed by atoms with E-state index in [1.54, 1.807) is 25.3 Å². The molecule has 3 N–H and O–H groups in total. The Morgan fingerprint density at radius 3 is 2.70 bits per heavy atom. The standard InChI is InChI=1S/C16H19N3O3S/c1-11(15(20)17-10-12-6-5-9-22-12)18-16(21)19-13-7-3-4-8-14(13)23-2/h3-9,11H,10H2,1-2H3,(H,17,20)(H2,18,19,21)/t11-/m1/s1. The molecule has 0 aliphatic rings. The summed E-state index contributed by atoms with van der Waals surface area (Å²) in [6.45, 7) is 1.91. The molecule has 0 spiro atoms. The maximum Gasteiger partial charge on any atom is 0.319 e. The predicted molar refractivity (Wildman–Crippen MR) is 90.4 cm³/mol. The molecule has 1 heterocycles. The van der Waals surface area contributed by atoms with Crippen LogP contribution in [-0.4, -0.2) is 24.2 Å². The monoisotopic (exact) mass is 333 g/mol. The van der Waals surface area contributed by atoms with Crippen LogP contribution in [0.5, 0.6) is 0 Å². The Labute approximate surface area is 139 Å². The number of hydrogen-bond acceptors (Lipinski definition) is 4. The van der Waals surface area contributed by atoms with Gasteiger partial charge in [-0.2, -0.15) is 0 Å². The summed E-state index contributed by atoms with van der Waals surface area (Å²) in [5.74, 6) is 0.374. The number of hydrogen-bond donors (Lipinski definition) is 3. The van der Waals surface area contributed by atoms with Gasteiger partial charge in [-0.15, -0.1) is 11.8 Å². The van der Waals surface area contributed by atoms with Crippen LogP contribution in [0, 0.1) is 0 Å². The second kappa shape index (κ2) is 8.28. The smallest absolute Gasteiger partial charge is 0.319 e. The number of carbonyl (C=O) groups is 2. The first kappa shape index (κ1) is 17.0. The fourth-order valence-electron chi connectivity index (χ4n) is 1.91. The van der Waals surface area contributed by atoms with E-state index >= 15 is 0 Å². The lowest BCUT2D eigenvalue weighted by Crippen LogP contribution is -2.46. The molecule has 0 fully saturated rings. The van der Waals surface area contributed by atoms with E-state index in [1.807, 2.05) is 30.5 Å². The average molecular weight is 333 g/mol. The zero-order valence-electron chi connectivity index (χ0n) is 13.0. The van der Waals surface area contributed by atoms with Crippen molar-refractivity contribution >= 4 is 29.4 Å². The molecule has 0 radical (unpaired) electrons. The van der Waals surface area contributed by atoms with Crippen LogP contribution in [0.15, 0.2) is 52.0 Å². The van der Waals surface area contributed by atoms with Gasteiger partial charge in [0.05, 0.1) is 18.5 Å². The minimum Gasteiger partial charge on any atom is -0.467 e. The van der Waals surface area contributed by atoms with E-state index < -0.39 is 12.1 Å². The van der Waals surface area contributed by atoms with Gasteiger partial charge in [0.15, 0.2) is 0 Å². The predicted octanol–water partition coefficient (Wildman–Crippen LogP) is 2.83. The number of benzene rings is 1. The molecular weight excluding hydrogens is 314 g/mol. The molecule has 7 heteroatoms. The lowest BCUT2D eigenvalue weighted by atomic mass is 10.3. The van der Waals surface area contributed by atoms with Crippen molar-refractivity contribution < 1.29 is 14.0 Å². The van der Waals surface area contributed by atoms with Crippen LogP contribution in [0.3, 0.4) is 0 Å². The van der Waals surface area contributed by atoms with Crippen LogP contribution < -0.4 is 16.0 Å². The third kappa shape index (κ3) is 5.07. The van der Waals surface area contributed by atoms with Gasteiger partial charge in [0, 0.05) is 4.90 Å². The molecule has 2 aromatic rings. The van der Waals surface area contributed by atoms with E-state index in [0.29, 0.717) is 11.4 Å². The molecule has 6 nitrogen and oxygen atoms in total. The molecule has 2 rings (SSSR count). The van der Waals surface area contributed by atoms with Crippen LogP contribution in [0.2, 0.25) is 0 Å². The van der Waals surface area contributed by atoms with Gasteiger partial charge in [-0.3, -0.25) is 4.79 Å². The van der Waals surface area contributed by atoms with Gasteiger partial charge < -0.3 is 20.4 Å². The molecule has 1 aromatic heterocycles. The summed E-state index contributed by atoms with van der Waals surface area (Å²) < 4.78 is 5.13. The molecule has 0 aliphatic carbocycles. The second-order valence-corrected chi connectivity index (χ2v) is 5.67. The number of nitrogens with one attached hydrogen (secondary N) is 3. The van der Waals surface area contributed by atoms with Gasteiger partial charge in [0.2, 0.25) is 5.91 Å². The first-order chi connectivity index (χ1) is 11.1. The third-order valence-electron chi connectivity index (χ3n) is 3.11. The van der Waals surface area contributed by atoms with Gasteiger partial charge >= 0.3 is 6.03 Å². The highest BCUT2D eigenvalue weighted by atomic mass is 32.2. The molecule has 0 bridgehead atoms. The van der Waals surface area contributed by atoms with Crippen molar-refractivity contribution in [3.63, 3.8) is 0 Å². The van der Waals surface area contributed by atoms with Crippen LogP contribution in [0.4, 0.5) is 10.5 Å². The molecule has 1 atom stereocenters.